The number of piperidine rings is 1. The summed E-state index contributed by atoms with van der Waals surface area (Å²) in [5.74, 6) is -0.873. The van der Waals surface area contributed by atoms with Gasteiger partial charge in [0, 0.05) is 25.7 Å². The van der Waals surface area contributed by atoms with Gasteiger partial charge in [-0.3, -0.25) is 9.69 Å². The van der Waals surface area contributed by atoms with Crippen molar-refractivity contribution in [2.24, 2.45) is 0 Å². The van der Waals surface area contributed by atoms with Crippen LogP contribution in [-0.4, -0.2) is 67.2 Å². The molecule has 1 heterocycles. The van der Waals surface area contributed by atoms with Gasteiger partial charge in [-0.15, -0.1) is 6.58 Å². The monoisotopic (exact) mass is 276 g/mol. The van der Waals surface area contributed by atoms with E-state index in [9.17, 15) is 13.2 Å². The summed E-state index contributed by atoms with van der Waals surface area (Å²) in [5.41, 5.74) is 0. The van der Waals surface area contributed by atoms with Crippen LogP contribution in [0.3, 0.4) is 0 Å². The Bertz CT molecular complexity index is 399. The van der Waals surface area contributed by atoms with Crippen LogP contribution in [0.4, 0.5) is 0 Å². The van der Waals surface area contributed by atoms with Gasteiger partial charge in [-0.1, -0.05) is 6.08 Å². The third-order valence-corrected chi connectivity index (χ3v) is 4.41. The average molecular weight is 276 g/mol. The normalized spacial score (nSPS) is 19.0. The number of sulfonamides is 1. The molecule has 7 heteroatoms. The molecule has 1 aliphatic heterocycles. The van der Waals surface area contributed by atoms with Crippen LogP contribution in [0.15, 0.2) is 12.7 Å². The molecule has 0 spiro atoms. The van der Waals surface area contributed by atoms with Crippen LogP contribution in [0.5, 0.6) is 0 Å². The van der Waals surface area contributed by atoms with Crippen molar-refractivity contribution in [1.82, 2.24) is 9.21 Å². The van der Waals surface area contributed by atoms with Crippen LogP contribution >= 0.6 is 0 Å². The van der Waals surface area contributed by atoms with Crippen molar-refractivity contribution in [1.29, 1.82) is 0 Å². The molecular weight excluding hydrogens is 256 g/mol. The maximum Gasteiger partial charge on any atom is 0.317 e. The SMILES string of the molecule is C=CCN(CC(=O)O)C1CCN(S(C)(=O)=O)CC1. The number of nitrogens with zero attached hydrogens (tertiary/aromatic N) is 2. The maximum atomic E-state index is 11.4. The van der Waals surface area contributed by atoms with Crippen LogP contribution < -0.4 is 0 Å². The fourth-order valence-corrected chi connectivity index (χ4v) is 3.10. The van der Waals surface area contributed by atoms with Gasteiger partial charge in [0.25, 0.3) is 0 Å². The van der Waals surface area contributed by atoms with E-state index >= 15 is 0 Å². The summed E-state index contributed by atoms with van der Waals surface area (Å²) in [5, 5.41) is 8.84. The Morgan fingerprint density at radius 2 is 2.06 bits per heavy atom. The zero-order chi connectivity index (χ0) is 13.8. The van der Waals surface area contributed by atoms with Crippen LogP contribution in [0.25, 0.3) is 0 Å². The Balaban J connectivity index is 2.58. The smallest absolute Gasteiger partial charge is 0.317 e. The van der Waals surface area contributed by atoms with E-state index in [0.717, 1.165) is 0 Å². The number of hydrogen-bond acceptors (Lipinski definition) is 4. The van der Waals surface area contributed by atoms with Gasteiger partial charge in [-0.25, -0.2) is 12.7 Å². The lowest BCUT2D eigenvalue weighted by Gasteiger charge is -2.36. The minimum Gasteiger partial charge on any atom is -0.480 e. The molecule has 0 aromatic heterocycles. The van der Waals surface area contributed by atoms with Crippen LogP contribution in [0, 0.1) is 0 Å². The molecular formula is C11H20N2O4S. The largest absolute Gasteiger partial charge is 0.480 e. The van der Waals surface area contributed by atoms with Crippen molar-refractivity contribution < 1.29 is 18.3 Å². The minimum atomic E-state index is -3.13. The predicted octanol–water partition coefficient (Wildman–Crippen LogP) is -0.0170. The van der Waals surface area contributed by atoms with Crippen molar-refractivity contribution in [2.45, 2.75) is 18.9 Å². The lowest BCUT2D eigenvalue weighted by molar-refractivity contribution is -0.139. The first-order valence-corrected chi connectivity index (χ1v) is 7.71. The van der Waals surface area contributed by atoms with Crippen LogP contribution in [0.1, 0.15) is 12.8 Å². The van der Waals surface area contributed by atoms with Gasteiger partial charge in [0.1, 0.15) is 0 Å². The summed E-state index contributed by atoms with van der Waals surface area (Å²) in [7, 11) is -3.13. The summed E-state index contributed by atoms with van der Waals surface area (Å²) >= 11 is 0. The number of rotatable bonds is 6. The second-order valence-electron chi connectivity index (χ2n) is 4.51. The van der Waals surface area contributed by atoms with Gasteiger partial charge in [0.2, 0.25) is 10.0 Å². The van der Waals surface area contributed by atoms with E-state index in [0.29, 0.717) is 32.5 Å². The molecule has 0 saturated carbocycles. The molecule has 0 aliphatic carbocycles. The van der Waals surface area contributed by atoms with E-state index in [1.807, 2.05) is 4.90 Å². The molecule has 0 aromatic rings. The lowest BCUT2D eigenvalue weighted by atomic mass is 10.0. The second-order valence-corrected chi connectivity index (χ2v) is 6.49. The number of hydrogen-bond donors (Lipinski definition) is 1. The highest BCUT2D eigenvalue weighted by Gasteiger charge is 2.28. The molecule has 6 nitrogen and oxygen atoms in total. The molecule has 0 unspecified atom stereocenters. The Kier molecular flexibility index (Phi) is 5.30. The summed E-state index contributed by atoms with van der Waals surface area (Å²) in [6.45, 7) is 5.00. The minimum absolute atomic E-state index is 0.0322. The van der Waals surface area contributed by atoms with E-state index in [1.165, 1.54) is 10.6 Å². The average Bonchev–Trinajstić information content (AvgIpc) is 2.27. The fraction of sp³-hybridized carbons (Fsp3) is 0.727. The molecule has 104 valence electrons. The Morgan fingerprint density at radius 1 is 1.50 bits per heavy atom. The van der Waals surface area contributed by atoms with Gasteiger partial charge in [0.05, 0.1) is 12.8 Å². The molecule has 1 aliphatic rings. The van der Waals surface area contributed by atoms with Gasteiger partial charge in [-0.05, 0) is 12.8 Å². The first kappa shape index (κ1) is 15.1. The zero-order valence-corrected chi connectivity index (χ0v) is 11.4. The number of aliphatic carboxylic acids is 1. The van der Waals surface area contributed by atoms with Crippen LogP contribution in [-0.2, 0) is 14.8 Å². The Hall–Kier alpha value is -0.920. The molecule has 0 amide bonds. The summed E-state index contributed by atoms with van der Waals surface area (Å²) in [4.78, 5) is 12.6. The number of carboxylic acids is 1. The van der Waals surface area contributed by atoms with Crippen LogP contribution in [0.2, 0.25) is 0 Å². The third-order valence-electron chi connectivity index (χ3n) is 3.11. The quantitative estimate of drug-likeness (QED) is 0.690. The molecule has 0 atom stereocenters. The highest BCUT2D eigenvalue weighted by molar-refractivity contribution is 7.88. The van der Waals surface area contributed by atoms with Crippen molar-refractivity contribution in [3.63, 3.8) is 0 Å². The van der Waals surface area contributed by atoms with E-state index in [1.54, 1.807) is 6.08 Å². The fourth-order valence-electron chi connectivity index (χ4n) is 2.22. The molecule has 1 N–H and O–H groups in total. The van der Waals surface area contributed by atoms with E-state index in [4.69, 9.17) is 5.11 Å². The first-order chi connectivity index (χ1) is 8.34. The molecule has 1 saturated heterocycles. The van der Waals surface area contributed by atoms with Crippen molar-refractivity contribution >= 4 is 16.0 Å². The van der Waals surface area contributed by atoms with E-state index in [2.05, 4.69) is 6.58 Å². The number of carbonyl (C=O) groups is 1. The second kappa shape index (κ2) is 6.31. The summed E-state index contributed by atoms with van der Waals surface area (Å²) < 4.78 is 24.2. The molecule has 1 fully saturated rings. The highest BCUT2D eigenvalue weighted by atomic mass is 32.2. The van der Waals surface area contributed by atoms with E-state index in [-0.39, 0.29) is 12.6 Å². The van der Waals surface area contributed by atoms with Gasteiger partial charge in [0.15, 0.2) is 0 Å². The molecule has 18 heavy (non-hydrogen) atoms. The van der Waals surface area contributed by atoms with E-state index < -0.39 is 16.0 Å². The molecule has 1 rings (SSSR count). The lowest BCUT2D eigenvalue weighted by Crippen LogP contribution is -2.47. The van der Waals surface area contributed by atoms with Crippen molar-refractivity contribution in [3.05, 3.63) is 12.7 Å². The topological polar surface area (TPSA) is 77.9 Å². The van der Waals surface area contributed by atoms with Gasteiger partial charge < -0.3 is 5.11 Å². The standard InChI is InChI=1S/C11H20N2O4S/c1-3-6-12(9-11(14)15)10-4-7-13(8-5-10)18(2,16)17/h3,10H,1,4-9H2,2H3,(H,14,15). The summed E-state index contributed by atoms with van der Waals surface area (Å²) in [6.07, 6.45) is 4.19. The highest BCUT2D eigenvalue weighted by Crippen LogP contribution is 2.18. The predicted molar refractivity (Wildman–Crippen MR) is 68.8 cm³/mol. The maximum absolute atomic E-state index is 11.4. The molecule has 0 radical (unpaired) electrons. The summed E-state index contributed by atoms with van der Waals surface area (Å²) in [6, 6.07) is 0.108. The van der Waals surface area contributed by atoms with Crippen molar-refractivity contribution in [3.8, 4) is 0 Å². The van der Waals surface area contributed by atoms with Gasteiger partial charge in [-0.2, -0.15) is 0 Å². The number of carboxylic acid groups (broad SMARTS) is 1. The molecule has 0 aromatic carbocycles. The molecule has 0 bridgehead atoms. The van der Waals surface area contributed by atoms with Crippen molar-refractivity contribution in [2.75, 3.05) is 32.4 Å². The first-order valence-electron chi connectivity index (χ1n) is 5.86. The zero-order valence-electron chi connectivity index (χ0n) is 10.6. The third kappa shape index (κ3) is 4.40. The Morgan fingerprint density at radius 3 is 2.44 bits per heavy atom. The van der Waals surface area contributed by atoms with Gasteiger partial charge >= 0.3 is 5.97 Å². The Labute approximate surface area is 108 Å².